The summed E-state index contributed by atoms with van der Waals surface area (Å²) < 4.78 is 115. The minimum absolute atomic E-state index is 0. The second-order valence-corrected chi connectivity index (χ2v) is 40.0. The largest absolute Gasteiger partial charge is 0.378 e. The molecule has 8 unspecified atom stereocenters. The number of hydrogen-bond donors (Lipinski definition) is 0. The Bertz CT molecular complexity index is 3750. The average Bonchev–Trinajstić information content (AvgIpc) is 0.807. The van der Waals surface area contributed by atoms with E-state index in [1.54, 1.807) is 61.7 Å². The van der Waals surface area contributed by atoms with E-state index >= 15 is 0 Å². The van der Waals surface area contributed by atoms with Gasteiger partial charge in [0.1, 0.15) is 23.3 Å². The summed E-state index contributed by atoms with van der Waals surface area (Å²) in [5.41, 5.74) is 17.4. The standard InChI is InChI=1S/C11H14.C10H18.2C8H8F2.C8H13F.2C8H9F.C8H16.C8H14.C8H10.2C7H14O.C7H12O.C6H12O2.12CH4.H2/c1-8-3-4-10-6-9(2)7-11(10)5-8;1-9-3-6-10(2,7-4-9)8-5-9;1-5-3-7(9)6(2)8(10)4-5;1-5-3-4-6(2)8(10)7(5)9;3*1-6-3-4-7(2)8(9)5-6;3*1-7-3-5-8(2)6-4-7;3*1-6-3-4-7(2)8-5-6;1-5-3-7-6(2)8-4-5;;;;;;;;;;;;;/h3-5,9H,6-7H2,1-2H3;3-8H2,1-2H3;2*3-4H,1-2H3;6H,3-5H2,1-2H3;2*3-5H,1-2H3;7-8H,3-6H2,1-2H3;3,8H,4-6H2,1-2H3;3-6H,1-2H3;2*6-7H,3-5H2,1-2H3;3,7H,4-5H2,1-2H3;5-6H,3-4H2,1-2H3;12*1H4;1H. The van der Waals surface area contributed by atoms with Gasteiger partial charge in [0, 0.05) is 32.5 Å². The second-order valence-electron chi connectivity index (χ2n) is 40.0. The van der Waals surface area contributed by atoms with Crippen LogP contribution in [0.2, 0.25) is 0 Å². The topological polar surface area (TPSA) is 46.2 Å². The highest BCUT2D eigenvalue weighted by Crippen LogP contribution is 2.56. The smallest absolute Gasteiger partial charge is 0.161 e. The molecule has 136 heavy (non-hydrogen) atoms. The van der Waals surface area contributed by atoms with Crippen molar-refractivity contribution in [2.24, 2.45) is 58.2 Å². The van der Waals surface area contributed by atoms with Gasteiger partial charge in [0.2, 0.25) is 0 Å². The summed E-state index contributed by atoms with van der Waals surface area (Å²) in [6.07, 6.45) is 36.7. The predicted octanol–water partition coefficient (Wildman–Crippen LogP) is 41.4. The third-order valence-corrected chi connectivity index (χ3v) is 25.6. The number of allylic oxidation sites excluding steroid dienone is 4. The van der Waals surface area contributed by atoms with Gasteiger partial charge < -0.3 is 23.7 Å². The summed E-state index contributed by atoms with van der Waals surface area (Å²) >= 11 is 0. The fourth-order valence-corrected chi connectivity index (χ4v) is 15.3. The molecule has 8 atom stereocenters. The highest BCUT2D eigenvalue weighted by Gasteiger charge is 2.43. The number of benzene rings is 6. The second kappa shape index (κ2) is 79.4. The molecule has 0 aromatic heterocycles. The Balaban J connectivity index is -0.000000138. The number of rotatable bonds is 0. The molecule has 6 aromatic rings. The Labute approximate surface area is 842 Å². The van der Waals surface area contributed by atoms with E-state index in [2.05, 4.69) is 179 Å². The summed E-state index contributed by atoms with van der Waals surface area (Å²) in [4.78, 5) is 0. The van der Waals surface area contributed by atoms with Crippen molar-refractivity contribution in [3.8, 4) is 0 Å². The number of aryl methyl sites for hydroxylation is 10. The van der Waals surface area contributed by atoms with E-state index in [0.717, 1.165) is 109 Å². The zero-order valence-corrected chi connectivity index (χ0v) is 82.9. The van der Waals surface area contributed by atoms with Crippen LogP contribution in [0.15, 0.2) is 138 Å². The Kier molecular flexibility index (Phi) is 87.6. The number of halogens is 7. The number of fused-ring (bicyclic) bond motifs is 4. The van der Waals surface area contributed by atoms with E-state index in [1.165, 1.54) is 196 Å². The Morgan fingerprint density at radius 1 is 0.279 bits per heavy atom. The zero-order valence-electron chi connectivity index (χ0n) is 82.9. The molecule has 12 heteroatoms. The van der Waals surface area contributed by atoms with E-state index in [0.29, 0.717) is 64.4 Å². The van der Waals surface area contributed by atoms with E-state index in [1.807, 2.05) is 39.8 Å². The van der Waals surface area contributed by atoms with E-state index in [4.69, 9.17) is 23.7 Å². The van der Waals surface area contributed by atoms with Crippen molar-refractivity contribution >= 4 is 0 Å². The summed E-state index contributed by atoms with van der Waals surface area (Å²) in [5, 5.41) is 0. The monoisotopic (exact) mass is 1920 g/mol. The van der Waals surface area contributed by atoms with Crippen LogP contribution in [0.1, 0.15) is 415 Å². The zero-order chi connectivity index (χ0) is 93.0. The van der Waals surface area contributed by atoms with Crippen LogP contribution in [0.25, 0.3) is 0 Å². The van der Waals surface area contributed by atoms with Crippen molar-refractivity contribution in [2.75, 3.05) is 33.0 Å². The highest BCUT2D eigenvalue weighted by molar-refractivity contribution is 5.35. The van der Waals surface area contributed by atoms with Gasteiger partial charge in [-0.2, -0.15) is 0 Å². The van der Waals surface area contributed by atoms with Crippen LogP contribution in [0, 0.1) is 169 Å². The van der Waals surface area contributed by atoms with Gasteiger partial charge in [0.25, 0.3) is 0 Å². The molecule has 7 fully saturated rings. The van der Waals surface area contributed by atoms with Crippen LogP contribution in [-0.2, 0) is 36.5 Å². The highest BCUT2D eigenvalue weighted by atomic mass is 19.2. The molecule has 17 rings (SSSR count). The van der Waals surface area contributed by atoms with Crippen LogP contribution in [0.3, 0.4) is 0 Å². The molecule has 0 amide bonds. The lowest BCUT2D eigenvalue weighted by Crippen LogP contribution is -2.37. The molecule has 4 aliphatic heterocycles. The number of hydrogen-bond acceptors (Lipinski definition) is 5. The van der Waals surface area contributed by atoms with Crippen LogP contribution < -0.4 is 0 Å². The molecule has 796 valence electrons. The van der Waals surface area contributed by atoms with Crippen molar-refractivity contribution < 1.29 is 55.8 Å². The first kappa shape index (κ1) is 150. The first-order chi connectivity index (χ1) is 58.2. The van der Waals surface area contributed by atoms with Crippen LogP contribution in [0.4, 0.5) is 30.7 Å². The molecule has 0 spiro atoms. The van der Waals surface area contributed by atoms with Gasteiger partial charge in [0.05, 0.1) is 44.0 Å². The molecule has 11 aliphatic rings. The first-order valence-electron chi connectivity index (χ1n) is 47.4. The maximum absolute atomic E-state index is 12.7. The summed E-state index contributed by atoms with van der Waals surface area (Å²) in [6.45, 7) is 61.8. The molecule has 0 N–H and O–H groups in total. The van der Waals surface area contributed by atoms with Gasteiger partial charge in [-0.3, -0.25) is 0 Å². The maximum Gasteiger partial charge on any atom is 0.161 e. The third kappa shape index (κ3) is 65.0. The van der Waals surface area contributed by atoms with Crippen molar-refractivity contribution in [2.45, 2.75) is 455 Å². The van der Waals surface area contributed by atoms with Crippen molar-refractivity contribution in [3.05, 3.63) is 245 Å². The Morgan fingerprint density at radius 3 is 0.926 bits per heavy atom. The summed E-state index contributed by atoms with van der Waals surface area (Å²) in [6, 6.07) is 31.5. The van der Waals surface area contributed by atoms with Crippen LogP contribution in [0.5, 0.6) is 0 Å². The Morgan fingerprint density at radius 2 is 0.618 bits per heavy atom. The normalized spacial score (nSPS) is 23.8. The third-order valence-electron chi connectivity index (χ3n) is 25.6. The summed E-state index contributed by atoms with van der Waals surface area (Å²) in [7, 11) is 0. The lowest BCUT2D eigenvalue weighted by atomic mass is 9.55. The predicted molar refractivity (Wildman–Crippen MR) is 596 cm³/mol. The molecule has 4 saturated carbocycles. The lowest BCUT2D eigenvalue weighted by Gasteiger charge is -2.50. The van der Waals surface area contributed by atoms with Crippen molar-refractivity contribution in [1.82, 2.24) is 0 Å². The fraction of sp³-hybridized carbons (Fsp3) is 0.661. The van der Waals surface area contributed by atoms with E-state index < -0.39 is 23.3 Å². The molecule has 3 saturated heterocycles. The van der Waals surface area contributed by atoms with Gasteiger partial charge in [-0.15, -0.1) is 0 Å². The fourth-order valence-electron chi connectivity index (χ4n) is 15.3. The van der Waals surface area contributed by atoms with E-state index in [9.17, 15) is 30.7 Å². The van der Waals surface area contributed by atoms with Gasteiger partial charge >= 0.3 is 0 Å². The average molecular weight is 1930 g/mol. The quantitative estimate of drug-likeness (QED) is 0.112. The molecule has 0 radical (unpaired) electrons. The van der Waals surface area contributed by atoms with Crippen LogP contribution >= 0.6 is 0 Å². The van der Waals surface area contributed by atoms with Gasteiger partial charge in [-0.25, -0.2) is 30.7 Å². The van der Waals surface area contributed by atoms with Gasteiger partial charge in [-0.1, -0.05) is 303 Å². The number of ether oxygens (including phenoxy) is 5. The molecular formula is C124H221F7O5. The molecule has 7 aliphatic carbocycles. The van der Waals surface area contributed by atoms with Gasteiger partial charge in [-0.05, 0) is 372 Å². The summed E-state index contributed by atoms with van der Waals surface area (Å²) in [5.74, 6) is 4.06. The molecule has 6 aromatic carbocycles. The lowest BCUT2D eigenvalue weighted by molar-refractivity contribution is -0.187. The van der Waals surface area contributed by atoms with Crippen molar-refractivity contribution in [3.63, 3.8) is 0 Å². The molecule has 2 bridgehead atoms. The van der Waals surface area contributed by atoms with E-state index in [-0.39, 0.29) is 120 Å². The maximum atomic E-state index is 12.7. The first-order valence-corrected chi connectivity index (χ1v) is 47.4. The minimum atomic E-state index is -0.736. The molecular weight excluding hydrogens is 1700 g/mol. The van der Waals surface area contributed by atoms with Crippen molar-refractivity contribution in [1.29, 1.82) is 0 Å². The Hall–Kier alpha value is -6.15. The SMILES string of the molecule is C.C.C.C.C.C.C.C.C.C.C.C.CC12CCC(C)(CC1)CC2.CC1=C(F)CC(C)CC1.CC1=CCC(C)CC1.CC1=CCC(C)OC1.CC1CCC(C)CC1.CC1CCC(C)OC1.CC1CCC(C)OC1.CC1COC(C)OC1.Cc1cc(F)c(C)c(F)c1.Cc1ccc(C)c(F)c1.Cc1ccc(C)c(F)c1.Cc1ccc(C)c(F)c1F.Cc1ccc(C)cc1.Cc1ccc2c(c1)CC(C)C2.[HH]. The minimum Gasteiger partial charge on any atom is -0.378 e. The van der Waals surface area contributed by atoms with Crippen LogP contribution in [-0.4, -0.2) is 57.6 Å². The molecule has 4 heterocycles. The molecule has 5 nitrogen and oxygen atoms in total. The van der Waals surface area contributed by atoms with Gasteiger partial charge in [0.15, 0.2) is 17.9 Å².